The molecule has 21 heavy (non-hydrogen) atoms. The summed E-state index contributed by atoms with van der Waals surface area (Å²) in [5, 5.41) is 0. The molecule has 0 spiro atoms. The quantitative estimate of drug-likeness (QED) is 0.648. The number of nitrogens with zero attached hydrogens (tertiary/aromatic N) is 2. The zero-order valence-corrected chi connectivity index (χ0v) is 12.2. The molecule has 2 heterocycles. The molecule has 4 nitrogen and oxygen atoms in total. The highest BCUT2D eigenvalue weighted by atomic mass is 32.1. The minimum Gasteiger partial charge on any atom is -0.378 e. The Morgan fingerprint density at radius 3 is 2.81 bits per heavy atom. The zero-order chi connectivity index (χ0) is 14.2. The van der Waals surface area contributed by atoms with Crippen molar-refractivity contribution in [1.82, 2.24) is 4.98 Å². The van der Waals surface area contributed by atoms with Crippen LogP contribution in [0.2, 0.25) is 0 Å². The lowest BCUT2D eigenvalue weighted by atomic mass is 10.2. The van der Waals surface area contributed by atoms with Gasteiger partial charge in [-0.05, 0) is 30.3 Å². The Kier molecular flexibility index (Phi) is 3.09. The van der Waals surface area contributed by atoms with Crippen LogP contribution >= 0.6 is 11.3 Å². The third-order valence-electron chi connectivity index (χ3n) is 3.71. The molecule has 3 aliphatic rings. The van der Waals surface area contributed by atoms with Gasteiger partial charge >= 0.3 is 0 Å². The lowest BCUT2D eigenvalue weighted by molar-refractivity contribution is 0.122. The van der Waals surface area contributed by atoms with Crippen molar-refractivity contribution in [3.05, 3.63) is 46.6 Å². The molecule has 5 heteroatoms. The summed E-state index contributed by atoms with van der Waals surface area (Å²) >= 11 is 1.62. The minimum atomic E-state index is 0.0317. The zero-order valence-electron chi connectivity index (χ0n) is 11.4. The van der Waals surface area contributed by atoms with Crippen molar-refractivity contribution in [1.29, 1.82) is 0 Å². The Bertz CT molecular complexity index is 824. The van der Waals surface area contributed by atoms with Crippen LogP contribution in [-0.4, -0.2) is 31.3 Å². The third kappa shape index (κ3) is 2.39. The fourth-order valence-corrected chi connectivity index (χ4v) is 3.64. The summed E-state index contributed by atoms with van der Waals surface area (Å²) in [6.07, 6.45) is 0. The highest BCUT2D eigenvalue weighted by molar-refractivity contribution is 7.21. The molecule has 1 aliphatic carbocycles. The molecule has 0 amide bonds. The number of morpholine rings is 1. The van der Waals surface area contributed by atoms with E-state index >= 15 is 0 Å². The molecule has 0 unspecified atom stereocenters. The van der Waals surface area contributed by atoms with Crippen molar-refractivity contribution in [3.8, 4) is 10.6 Å². The van der Waals surface area contributed by atoms with Crippen LogP contribution in [0.15, 0.2) is 41.2 Å². The first kappa shape index (κ1) is 12.7. The van der Waals surface area contributed by atoms with E-state index in [4.69, 9.17) is 4.74 Å². The van der Waals surface area contributed by atoms with Gasteiger partial charge in [-0.25, -0.2) is 4.98 Å². The lowest BCUT2D eigenvalue weighted by Gasteiger charge is -2.29. The van der Waals surface area contributed by atoms with E-state index in [1.54, 1.807) is 29.5 Å². The van der Waals surface area contributed by atoms with Gasteiger partial charge in [0.05, 0.1) is 34.0 Å². The largest absolute Gasteiger partial charge is 0.378 e. The standard InChI is InChI=1S/C16H14N2O2S/c19-12-2-4-14-16(10-12)21-15-9-11(1-3-13(15)17-14)18-5-7-20-8-6-18/h1-4,9-10H,5-8H2. The second-order valence-electron chi connectivity index (χ2n) is 5.09. The highest BCUT2D eigenvalue weighted by Gasteiger charge is 2.13. The number of ether oxygens (including phenoxy) is 1. The molecule has 1 aromatic carbocycles. The van der Waals surface area contributed by atoms with Crippen molar-refractivity contribution in [2.45, 2.75) is 0 Å². The smallest absolute Gasteiger partial charge is 0.180 e. The maximum atomic E-state index is 11.5. The Labute approximate surface area is 126 Å². The topological polar surface area (TPSA) is 42.4 Å². The van der Waals surface area contributed by atoms with E-state index in [9.17, 15) is 4.79 Å². The van der Waals surface area contributed by atoms with E-state index in [1.165, 1.54) is 5.69 Å². The molecule has 1 fully saturated rings. The van der Waals surface area contributed by atoms with Gasteiger partial charge in [0.1, 0.15) is 0 Å². The lowest BCUT2D eigenvalue weighted by Crippen LogP contribution is -2.36. The van der Waals surface area contributed by atoms with E-state index in [0.29, 0.717) is 0 Å². The summed E-state index contributed by atoms with van der Waals surface area (Å²) in [6.45, 7) is 3.39. The number of anilines is 1. The van der Waals surface area contributed by atoms with Crippen LogP contribution in [-0.2, 0) is 4.74 Å². The van der Waals surface area contributed by atoms with Gasteiger partial charge in [-0.1, -0.05) is 0 Å². The first-order valence-electron chi connectivity index (χ1n) is 6.97. The molecule has 0 aromatic heterocycles. The van der Waals surface area contributed by atoms with Crippen LogP contribution in [0.5, 0.6) is 0 Å². The minimum absolute atomic E-state index is 0.0317. The van der Waals surface area contributed by atoms with Crippen molar-refractivity contribution in [2.24, 2.45) is 0 Å². The van der Waals surface area contributed by atoms with Gasteiger partial charge in [0.25, 0.3) is 0 Å². The second-order valence-corrected chi connectivity index (χ2v) is 6.18. The maximum absolute atomic E-state index is 11.5. The molecule has 106 valence electrons. The van der Waals surface area contributed by atoms with Crippen LogP contribution in [0.3, 0.4) is 0 Å². The van der Waals surface area contributed by atoms with E-state index in [1.807, 2.05) is 0 Å². The van der Waals surface area contributed by atoms with Crippen molar-refractivity contribution in [3.63, 3.8) is 0 Å². The molecule has 0 bridgehead atoms. The van der Waals surface area contributed by atoms with Gasteiger partial charge in [-0.15, -0.1) is 11.3 Å². The van der Waals surface area contributed by atoms with E-state index in [-0.39, 0.29) is 5.43 Å². The Balaban J connectivity index is 1.84. The van der Waals surface area contributed by atoms with E-state index in [0.717, 1.165) is 47.1 Å². The number of hydrogen-bond acceptors (Lipinski definition) is 5. The van der Waals surface area contributed by atoms with Crippen LogP contribution in [0.4, 0.5) is 5.69 Å². The predicted molar refractivity (Wildman–Crippen MR) is 85.5 cm³/mol. The Morgan fingerprint density at radius 1 is 1.10 bits per heavy atom. The van der Waals surface area contributed by atoms with E-state index < -0.39 is 0 Å². The van der Waals surface area contributed by atoms with Gasteiger partial charge in [0.2, 0.25) is 0 Å². The number of aromatic nitrogens is 1. The fraction of sp³-hybridized carbons (Fsp3) is 0.250. The van der Waals surface area contributed by atoms with Gasteiger partial charge < -0.3 is 9.64 Å². The average molecular weight is 298 g/mol. The summed E-state index contributed by atoms with van der Waals surface area (Å²) < 4.78 is 6.50. The van der Waals surface area contributed by atoms with Crippen LogP contribution < -0.4 is 10.3 Å². The Hall–Kier alpha value is -1.98. The normalized spacial score (nSPS) is 15.7. The van der Waals surface area contributed by atoms with Crippen molar-refractivity contribution < 1.29 is 4.74 Å². The molecule has 0 N–H and O–H groups in total. The molecule has 4 rings (SSSR count). The maximum Gasteiger partial charge on any atom is 0.180 e. The number of benzene rings is 2. The molecule has 0 atom stereocenters. The highest BCUT2D eigenvalue weighted by Crippen LogP contribution is 2.31. The van der Waals surface area contributed by atoms with Crippen LogP contribution in [0, 0.1) is 0 Å². The molecule has 1 aromatic rings. The molecule has 0 saturated carbocycles. The number of fused-ring (bicyclic) bond motifs is 2. The van der Waals surface area contributed by atoms with Crippen molar-refractivity contribution in [2.75, 3.05) is 31.2 Å². The predicted octanol–water partition coefficient (Wildman–Crippen LogP) is 2.60. The number of hydrogen-bond donors (Lipinski definition) is 0. The van der Waals surface area contributed by atoms with Crippen molar-refractivity contribution >= 4 is 27.2 Å². The second kappa shape index (κ2) is 5.09. The Morgan fingerprint density at radius 2 is 1.95 bits per heavy atom. The van der Waals surface area contributed by atoms with Gasteiger partial charge in [0.15, 0.2) is 5.43 Å². The summed E-state index contributed by atoms with van der Waals surface area (Å²) in [6, 6.07) is 11.4. The van der Waals surface area contributed by atoms with Gasteiger partial charge in [0, 0.05) is 24.8 Å². The molecule has 2 aliphatic heterocycles. The summed E-state index contributed by atoms with van der Waals surface area (Å²) in [4.78, 5) is 19.4. The SMILES string of the molecule is O=c1ccc2nc3ccc(N4CCOCC4)cc3sc-2c1. The summed E-state index contributed by atoms with van der Waals surface area (Å²) in [7, 11) is 0. The van der Waals surface area contributed by atoms with Crippen LogP contribution in [0.1, 0.15) is 0 Å². The monoisotopic (exact) mass is 298 g/mol. The first-order valence-corrected chi connectivity index (χ1v) is 7.79. The average Bonchev–Trinajstić information content (AvgIpc) is 2.53. The van der Waals surface area contributed by atoms with Gasteiger partial charge in [-0.2, -0.15) is 0 Å². The first-order chi connectivity index (χ1) is 10.3. The third-order valence-corrected chi connectivity index (χ3v) is 4.81. The molecular weight excluding hydrogens is 284 g/mol. The van der Waals surface area contributed by atoms with Gasteiger partial charge in [-0.3, -0.25) is 4.79 Å². The molecule has 0 radical (unpaired) electrons. The fourth-order valence-electron chi connectivity index (χ4n) is 2.61. The van der Waals surface area contributed by atoms with Crippen LogP contribution in [0.25, 0.3) is 20.8 Å². The summed E-state index contributed by atoms with van der Waals surface area (Å²) in [5.41, 5.74) is 3.08. The number of rotatable bonds is 1. The molecular formula is C16H14N2O2S. The molecule has 1 saturated heterocycles. The summed E-state index contributed by atoms with van der Waals surface area (Å²) in [5.74, 6) is 0. The van der Waals surface area contributed by atoms with E-state index in [2.05, 4.69) is 28.1 Å².